The van der Waals surface area contributed by atoms with Gasteiger partial charge in [0.25, 0.3) is 0 Å². The van der Waals surface area contributed by atoms with E-state index in [-0.39, 0.29) is 17.6 Å². The summed E-state index contributed by atoms with van der Waals surface area (Å²) in [7, 11) is 0. The third-order valence-corrected chi connectivity index (χ3v) is 3.30. The van der Waals surface area contributed by atoms with Crippen molar-refractivity contribution in [2.45, 2.75) is 32.5 Å². The van der Waals surface area contributed by atoms with Crippen LogP contribution in [0.25, 0.3) is 0 Å². The molecule has 0 aromatic heterocycles. The van der Waals surface area contributed by atoms with Gasteiger partial charge in [0.15, 0.2) is 0 Å². The predicted octanol–water partition coefficient (Wildman–Crippen LogP) is 2.00. The first-order chi connectivity index (χ1) is 9.88. The second kappa shape index (κ2) is 6.25. The number of ether oxygens (including phenoxy) is 1. The topological polar surface area (TPSA) is 65.4 Å². The Kier molecular flexibility index (Phi) is 4.61. The molecule has 1 aliphatic rings. The molecule has 0 bridgehead atoms. The fourth-order valence-corrected chi connectivity index (χ4v) is 2.74. The zero-order valence-corrected chi connectivity index (χ0v) is 12.7. The van der Waals surface area contributed by atoms with E-state index in [4.69, 9.17) is 10.00 Å². The molecule has 5 heteroatoms. The van der Waals surface area contributed by atoms with Gasteiger partial charge in [-0.1, -0.05) is 0 Å². The summed E-state index contributed by atoms with van der Waals surface area (Å²) < 4.78 is 5.83. The van der Waals surface area contributed by atoms with E-state index < -0.39 is 0 Å². The molecule has 21 heavy (non-hydrogen) atoms. The SMILES string of the molecule is CC1CN(CC(=O)Nc2ccc(C#N)cc2)CC(C)(C)O1. The zero-order chi connectivity index (χ0) is 15.5. The Morgan fingerprint density at radius 3 is 2.71 bits per heavy atom. The Bertz CT molecular complexity index is 546. The van der Waals surface area contributed by atoms with E-state index in [1.54, 1.807) is 24.3 Å². The van der Waals surface area contributed by atoms with Crippen LogP contribution in [0.1, 0.15) is 26.3 Å². The highest BCUT2D eigenvalue weighted by Crippen LogP contribution is 2.20. The molecular weight excluding hydrogens is 266 g/mol. The number of morpholine rings is 1. The van der Waals surface area contributed by atoms with Crippen LogP contribution in [-0.2, 0) is 9.53 Å². The van der Waals surface area contributed by atoms with E-state index in [0.717, 1.165) is 13.1 Å². The van der Waals surface area contributed by atoms with Crippen LogP contribution in [0.2, 0.25) is 0 Å². The van der Waals surface area contributed by atoms with Crippen molar-refractivity contribution >= 4 is 11.6 Å². The lowest BCUT2D eigenvalue weighted by Gasteiger charge is -2.41. The summed E-state index contributed by atoms with van der Waals surface area (Å²) >= 11 is 0. The fraction of sp³-hybridized carbons (Fsp3) is 0.500. The first-order valence-corrected chi connectivity index (χ1v) is 7.08. The summed E-state index contributed by atoms with van der Waals surface area (Å²) in [6.45, 7) is 7.92. The van der Waals surface area contributed by atoms with Gasteiger partial charge in [-0.25, -0.2) is 0 Å². The van der Waals surface area contributed by atoms with E-state index in [9.17, 15) is 4.79 Å². The number of rotatable bonds is 3. The van der Waals surface area contributed by atoms with Gasteiger partial charge in [0, 0.05) is 18.8 Å². The molecule has 5 nitrogen and oxygen atoms in total. The second-order valence-corrected chi connectivity index (χ2v) is 6.10. The van der Waals surface area contributed by atoms with Gasteiger partial charge in [0.2, 0.25) is 5.91 Å². The number of benzene rings is 1. The number of nitrogens with zero attached hydrogens (tertiary/aromatic N) is 2. The number of hydrogen-bond acceptors (Lipinski definition) is 4. The van der Waals surface area contributed by atoms with Gasteiger partial charge in [-0.3, -0.25) is 9.69 Å². The molecule has 0 saturated carbocycles. The summed E-state index contributed by atoms with van der Waals surface area (Å²) in [4.78, 5) is 14.2. The molecule has 112 valence electrons. The van der Waals surface area contributed by atoms with Crippen molar-refractivity contribution in [3.05, 3.63) is 29.8 Å². The van der Waals surface area contributed by atoms with E-state index in [2.05, 4.69) is 16.3 Å². The highest BCUT2D eigenvalue weighted by Gasteiger charge is 2.31. The lowest BCUT2D eigenvalue weighted by Crippen LogP contribution is -2.53. The van der Waals surface area contributed by atoms with Crippen LogP contribution in [-0.4, -0.2) is 42.1 Å². The molecule has 1 aromatic rings. The van der Waals surface area contributed by atoms with Gasteiger partial charge in [0.05, 0.1) is 29.9 Å². The third-order valence-electron chi connectivity index (χ3n) is 3.30. The zero-order valence-electron chi connectivity index (χ0n) is 12.7. The smallest absolute Gasteiger partial charge is 0.238 e. The number of carbonyl (C=O) groups is 1. The van der Waals surface area contributed by atoms with Gasteiger partial charge in [-0.2, -0.15) is 5.26 Å². The molecule has 0 aliphatic carbocycles. The molecule has 1 heterocycles. The minimum atomic E-state index is -0.230. The molecule has 1 unspecified atom stereocenters. The van der Waals surface area contributed by atoms with Crippen LogP contribution in [0.5, 0.6) is 0 Å². The summed E-state index contributed by atoms with van der Waals surface area (Å²) in [5, 5.41) is 11.6. The van der Waals surface area contributed by atoms with Crippen molar-refractivity contribution in [1.82, 2.24) is 4.90 Å². The summed E-state index contributed by atoms with van der Waals surface area (Å²) in [5.74, 6) is -0.0513. The average molecular weight is 287 g/mol. The second-order valence-electron chi connectivity index (χ2n) is 6.10. The predicted molar refractivity (Wildman–Crippen MR) is 80.9 cm³/mol. The van der Waals surface area contributed by atoms with Crippen molar-refractivity contribution in [2.75, 3.05) is 25.0 Å². The summed E-state index contributed by atoms with van der Waals surface area (Å²) in [5.41, 5.74) is 1.06. The maximum Gasteiger partial charge on any atom is 0.238 e. The largest absolute Gasteiger partial charge is 0.370 e. The molecule has 1 aromatic carbocycles. The molecule has 0 radical (unpaired) electrons. The lowest BCUT2D eigenvalue weighted by atomic mass is 10.1. The van der Waals surface area contributed by atoms with E-state index in [0.29, 0.717) is 17.8 Å². The molecule has 1 N–H and O–H groups in total. The highest BCUT2D eigenvalue weighted by molar-refractivity contribution is 5.92. The van der Waals surface area contributed by atoms with Gasteiger partial charge >= 0.3 is 0 Å². The van der Waals surface area contributed by atoms with Gasteiger partial charge in [0.1, 0.15) is 0 Å². The Labute approximate surface area is 125 Å². The van der Waals surface area contributed by atoms with Gasteiger partial charge in [-0.15, -0.1) is 0 Å². The minimum Gasteiger partial charge on any atom is -0.370 e. The van der Waals surface area contributed by atoms with Crippen LogP contribution in [0.3, 0.4) is 0 Å². The number of nitriles is 1. The Morgan fingerprint density at radius 1 is 1.48 bits per heavy atom. The standard InChI is InChI=1S/C16H21N3O2/c1-12-9-19(11-16(2,3)21-12)10-15(20)18-14-6-4-13(8-17)5-7-14/h4-7,12H,9-11H2,1-3H3,(H,18,20). The van der Waals surface area contributed by atoms with Crippen LogP contribution < -0.4 is 5.32 Å². The maximum atomic E-state index is 12.1. The summed E-state index contributed by atoms with van der Waals surface area (Å²) in [6, 6.07) is 8.91. The van der Waals surface area contributed by atoms with E-state index in [1.807, 2.05) is 20.8 Å². The number of anilines is 1. The van der Waals surface area contributed by atoms with Crippen LogP contribution >= 0.6 is 0 Å². The third kappa shape index (κ3) is 4.55. The highest BCUT2D eigenvalue weighted by atomic mass is 16.5. The molecule has 1 atom stereocenters. The van der Waals surface area contributed by atoms with Gasteiger partial charge in [-0.05, 0) is 45.0 Å². The molecule has 1 fully saturated rings. The number of hydrogen-bond donors (Lipinski definition) is 1. The van der Waals surface area contributed by atoms with Crippen molar-refractivity contribution in [2.24, 2.45) is 0 Å². The van der Waals surface area contributed by atoms with Crippen molar-refractivity contribution in [3.63, 3.8) is 0 Å². The number of amides is 1. The monoisotopic (exact) mass is 287 g/mol. The molecule has 1 amide bonds. The van der Waals surface area contributed by atoms with Crippen LogP contribution in [0, 0.1) is 11.3 Å². The molecule has 2 rings (SSSR count). The Balaban J connectivity index is 1.90. The van der Waals surface area contributed by atoms with Crippen molar-refractivity contribution in [1.29, 1.82) is 5.26 Å². The molecule has 1 saturated heterocycles. The first-order valence-electron chi connectivity index (χ1n) is 7.08. The van der Waals surface area contributed by atoms with Gasteiger partial charge < -0.3 is 10.1 Å². The van der Waals surface area contributed by atoms with Crippen molar-refractivity contribution < 1.29 is 9.53 Å². The van der Waals surface area contributed by atoms with Crippen molar-refractivity contribution in [3.8, 4) is 6.07 Å². The molecule has 0 spiro atoms. The number of nitrogens with one attached hydrogen (secondary N) is 1. The normalized spacial score (nSPS) is 21.5. The summed E-state index contributed by atoms with van der Waals surface area (Å²) in [6.07, 6.45) is 0.122. The fourth-order valence-electron chi connectivity index (χ4n) is 2.74. The first kappa shape index (κ1) is 15.5. The Morgan fingerprint density at radius 2 is 2.14 bits per heavy atom. The van der Waals surface area contributed by atoms with E-state index in [1.165, 1.54) is 0 Å². The Hall–Kier alpha value is -1.90. The van der Waals surface area contributed by atoms with E-state index >= 15 is 0 Å². The average Bonchev–Trinajstić information content (AvgIpc) is 2.36. The molecular formula is C16H21N3O2. The minimum absolute atomic E-state index is 0.0513. The van der Waals surface area contributed by atoms with Crippen LogP contribution in [0.4, 0.5) is 5.69 Å². The lowest BCUT2D eigenvalue weighted by molar-refractivity contribution is -0.136. The number of carbonyl (C=O) groups excluding carboxylic acids is 1. The van der Waals surface area contributed by atoms with Crippen LogP contribution in [0.15, 0.2) is 24.3 Å². The maximum absolute atomic E-state index is 12.1. The quantitative estimate of drug-likeness (QED) is 0.923. The molecule has 1 aliphatic heterocycles.